The molecule has 2 N–H and O–H groups in total. The Balaban J connectivity index is 0.00000392. The van der Waals surface area contributed by atoms with Crippen molar-refractivity contribution in [2.45, 2.75) is 52.1 Å². The lowest BCUT2D eigenvalue weighted by Gasteiger charge is -2.32. The van der Waals surface area contributed by atoms with Gasteiger partial charge < -0.3 is 20.3 Å². The van der Waals surface area contributed by atoms with Crippen molar-refractivity contribution in [2.24, 2.45) is 4.99 Å². The molecule has 9 heteroatoms. The van der Waals surface area contributed by atoms with E-state index in [-0.39, 0.29) is 36.3 Å². The molecule has 1 saturated heterocycles. The molecule has 0 saturated carbocycles. The lowest BCUT2D eigenvalue weighted by molar-refractivity contribution is -0.274. The van der Waals surface area contributed by atoms with Crippen LogP contribution < -0.4 is 15.4 Å². The van der Waals surface area contributed by atoms with Gasteiger partial charge in [0.2, 0.25) is 0 Å². The molecule has 0 aliphatic carbocycles. The number of hydrogen-bond acceptors (Lipinski definition) is 3. The summed E-state index contributed by atoms with van der Waals surface area (Å²) in [4.78, 5) is 6.91. The quantitative estimate of drug-likeness (QED) is 0.327. The Morgan fingerprint density at radius 3 is 2.50 bits per heavy atom. The van der Waals surface area contributed by atoms with Gasteiger partial charge in [-0.15, -0.1) is 37.1 Å². The highest BCUT2D eigenvalue weighted by molar-refractivity contribution is 14.0. The average Bonchev–Trinajstić information content (AvgIpc) is 2.61. The Morgan fingerprint density at radius 2 is 1.89 bits per heavy atom. The molecule has 0 aromatic heterocycles. The Kier molecular flexibility index (Phi) is 10.9. The van der Waals surface area contributed by atoms with Gasteiger partial charge in [0, 0.05) is 31.2 Å². The van der Waals surface area contributed by atoms with E-state index in [4.69, 9.17) is 0 Å². The minimum atomic E-state index is -4.71. The smallest absolute Gasteiger partial charge is 0.405 e. The van der Waals surface area contributed by atoms with E-state index in [1.807, 2.05) is 6.92 Å². The predicted molar refractivity (Wildman–Crippen MR) is 116 cm³/mol. The van der Waals surface area contributed by atoms with E-state index in [0.29, 0.717) is 24.1 Å². The van der Waals surface area contributed by atoms with Crippen molar-refractivity contribution < 1.29 is 17.9 Å². The van der Waals surface area contributed by atoms with Gasteiger partial charge in [-0.1, -0.05) is 25.1 Å². The van der Waals surface area contributed by atoms with E-state index >= 15 is 0 Å². The number of guanidine groups is 1. The maximum Gasteiger partial charge on any atom is 0.573 e. The number of rotatable bonds is 7. The second-order valence-electron chi connectivity index (χ2n) is 6.61. The molecule has 0 bridgehead atoms. The van der Waals surface area contributed by atoms with Gasteiger partial charge in [-0.25, -0.2) is 4.99 Å². The Labute approximate surface area is 182 Å². The molecule has 0 amide bonds. The molecule has 0 unspecified atom stereocenters. The molecule has 1 aromatic rings. The van der Waals surface area contributed by atoms with Crippen LogP contribution in [0.5, 0.6) is 5.75 Å². The molecule has 0 atom stereocenters. The summed E-state index contributed by atoms with van der Waals surface area (Å²) in [5.74, 6) is 0.408. The van der Waals surface area contributed by atoms with Gasteiger partial charge in [0.25, 0.3) is 0 Å². The fourth-order valence-corrected chi connectivity index (χ4v) is 3.15. The third-order valence-electron chi connectivity index (χ3n) is 4.42. The fourth-order valence-electron chi connectivity index (χ4n) is 3.15. The minimum Gasteiger partial charge on any atom is -0.405 e. The Bertz CT molecular complexity index is 605. The van der Waals surface area contributed by atoms with Crippen molar-refractivity contribution in [1.82, 2.24) is 15.5 Å². The summed E-state index contributed by atoms with van der Waals surface area (Å²) in [6.45, 7) is 8.15. The van der Waals surface area contributed by atoms with Gasteiger partial charge in [-0.3, -0.25) is 0 Å². The third-order valence-corrected chi connectivity index (χ3v) is 4.42. The van der Waals surface area contributed by atoms with Crippen LogP contribution in [0.1, 0.15) is 38.7 Å². The summed E-state index contributed by atoms with van der Waals surface area (Å²) >= 11 is 0. The molecule has 1 aromatic carbocycles. The number of halogens is 4. The van der Waals surface area contributed by atoms with Crippen LogP contribution in [0.25, 0.3) is 0 Å². The van der Waals surface area contributed by atoms with Crippen molar-refractivity contribution in [3.63, 3.8) is 0 Å². The lowest BCUT2D eigenvalue weighted by Crippen LogP contribution is -2.48. The molecule has 1 aliphatic heterocycles. The SMILES string of the molecule is CCCN1CCC(NC(=NCc2ccccc2OC(F)(F)F)NCC)CC1.I. The number of nitrogens with one attached hydrogen (secondary N) is 2. The number of alkyl halides is 3. The van der Waals surface area contributed by atoms with E-state index in [1.165, 1.54) is 12.1 Å². The molecule has 1 heterocycles. The van der Waals surface area contributed by atoms with Gasteiger partial charge >= 0.3 is 6.36 Å². The molecule has 1 aliphatic rings. The van der Waals surface area contributed by atoms with Crippen LogP contribution in [0.3, 0.4) is 0 Å². The van der Waals surface area contributed by atoms with Crippen LogP contribution >= 0.6 is 24.0 Å². The predicted octanol–water partition coefficient (Wildman–Crippen LogP) is 4.13. The molecule has 5 nitrogen and oxygen atoms in total. The molecule has 1 fully saturated rings. The fraction of sp³-hybridized carbons (Fsp3) is 0.632. The first kappa shape index (κ1) is 24.8. The van der Waals surface area contributed by atoms with Crippen LogP contribution in [0.15, 0.2) is 29.3 Å². The number of nitrogens with zero attached hydrogens (tertiary/aromatic N) is 2. The largest absolute Gasteiger partial charge is 0.573 e. The number of piperidine rings is 1. The second-order valence-corrected chi connectivity index (χ2v) is 6.61. The summed E-state index contributed by atoms with van der Waals surface area (Å²) in [6, 6.07) is 6.41. The first-order valence-electron chi connectivity index (χ1n) is 9.52. The van der Waals surface area contributed by atoms with Crippen molar-refractivity contribution in [2.75, 3.05) is 26.2 Å². The highest BCUT2D eigenvalue weighted by Gasteiger charge is 2.32. The van der Waals surface area contributed by atoms with Crippen LogP contribution in [0.2, 0.25) is 0 Å². The number of aliphatic imine (C=N–C) groups is 1. The Morgan fingerprint density at radius 1 is 1.21 bits per heavy atom. The van der Waals surface area contributed by atoms with Crippen LogP contribution in [0.4, 0.5) is 13.2 Å². The van der Waals surface area contributed by atoms with Crippen molar-refractivity contribution in [3.05, 3.63) is 29.8 Å². The topological polar surface area (TPSA) is 48.9 Å². The monoisotopic (exact) mass is 514 g/mol. The highest BCUT2D eigenvalue weighted by atomic mass is 127. The van der Waals surface area contributed by atoms with E-state index in [9.17, 15) is 13.2 Å². The number of likely N-dealkylation sites (tertiary alicyclic amines) is 1. The summed E-state index contributed by atoms with van der Waals surface area (Å²) in [5.41, 5.74) is 0.393. The molecular weight excluding hydrogens is 484 g/mol. The lowest BCUT2D eigenvalue weighted by atomic mass is 10.1. The molecular formula is C19H30F3IN4O. The average molecular weight is 514 g/mol. The zero-order valence-electron chi connectivity index (χ0n) is 16.4. The number of ether oxygens (including phenoxy) is 1. The van der Waals surface area contributed by atoms with Crippen LogP contribution in [0, 0.1) is 0 Å². The summed E-state index contributed by atoms with van der Waals surface area (Å²) in [7, 11) is 0. The van der Waals surface area contributed by atoms with E-state index < -0.39 is 6.36 Å². The van der Waals surface area contributed by atoms with Crippen LogP contribution in [-0.2, 0) is 6.54 Å². The summed E-state index contributed by atoms with van der Waals surface area (Å²) in [6.07, 6.45) is -1.51. The third kappa shape index (κ3) is 8.85. The normalized spacial score (nSPS) is 16.4. The van der Waals surface area contributed by atoms with E-state index in [1.54, 1.807) is 12.1 Å². The van der Waals surface area contributed by atoms with Gasteiger partial charge in [0.15, 0.2) is 5.96 Å². The first-order valence-corrected chi connectivity index (χ1v) is 9.52. The second kappa shape index (κ2) is 12.4. The number of benzene rings is 1. The van der Waals surface area contributed by atoms with Crippen molar-refractivity contribution in [1.29, 1.82) is 0 Å². The van der Waals surface area contributed by atoms with E-state index in [2.05, 4.69) is 32.2 Å². The molecule has 0 radical (unpaired) electrons. The summed E-state index contributed by atoms with van der Waals surface area (Å²) in [5, 5.41) is 6.57. The first-order chi connectivity index (χ1) is 12.9. The minimum absolute atomic E-state index is 0. The number of hydrogen-bond donors (Lipinski definition) is 2. The maximum atomic E-state index is 12.5. The molecule has 0 spiro atoms. The summed E-state index contributed by atoms with van der Waals surface area (Å²) < 4.78 is 41.7. The zero-order valence-corrected chi connectivity index (χ0v) is 18.7. The molecule has 28 heavy (non-hydrogen) atoms. The Hall–Kier alpha value is -1.23. The highest BCUT2D eigenvalue weighted by Crippen LogP contribution is 2.26. The van der Waals surface area contributed by atoms with Gasteiger partial charge in [-0.2, -0.15) is 0 Å². The van der Waals surface area contributed by atoms with Crippen molar-refractivity contribution in [3.8, 4) is 5.75 Å². The zero-order chi connectivity index (χ0) is 19.7. The maximum absolute atomic E-state index is 12.5. The number of para-hydroxylation sites is 1. The van der Waals surface area contributed by atoms with Crippen molar-refractivity contribution >= 4 is 29.9 Å². The van der Waals surface area contributed by atoms with Gasteiger partial charge in [-0.05, 0) is 38.8 Å². The van der Waals surface area contributed by atoms with Gasteiger partial charge in [0.1, 0.15) is 5.75 Å². The van der Waals surface area contributed by atoms with E-state index in [0.717, 1.165) is 38.9 Å². The molecule has 160 valence electrons. The standard InChI is InChI=1S/C19H29F3N4O.HI/c1-3-11-26-12-9-16(10-13-26)25-18(23-4-2)24-14-15-7-5-6-8-17(15)27-19(20,21)22;/h5-8,16H,3-4,9-14H2,1-2H3,(H2,23,24,25);1H. The van der Waals surface area contributed by atoms with Gasteiger partial charge in [0.05, 0.1) is 6.54 Å². The van der Waals surface area contributed by atoms with Crippen LogP contribution in [-0.4, -0.2) is 49.4 Å². The molecule has 2 rings (SSSR count).